The maximum atomic E-state index is 12.6. The van der Waals surface area contributed by atoms with Gasteiger partial charge in [0.2, 0.25) is 0 Å². The molecular formula is C14H18Cl2N2O. The smallest absolute Gasteiger partial charge is 0.257 e. The van der Waals surface area contributed by atoms with Gasteiger partial charge in [0, 0.05) is 19.1 Å². The first kappa shape index (κ1) is 14.6. The Balaban J connectivity index is 2.28. The second-order valence-electron chi connectivity index (χ2n) is 5.11. The van der Waals surface area contributed by atoms with E-state index in [1.165, 1.54) is 0 Å². The van der Waals surface area contributed by atoms with Crippen molar-refractivity contribution in [3.8, 4) is 0 Å². The third-order valence-corrected chi connectivity index (χ3v) is 4.32. The minimum Gasteiger partial charge on any atom is -0.334 e. The molecule has 104 valence electrons. The predicted molar refractivity (Wildman–Crippen MR) is 78.7 cm³/mol. The van der Waals surface area contributed by atoms with Crippen molar-refractivity contribution in [1.82, 2.24) is 4.90 Å². The number of nitrogens with zero attached hydrogens (tertiary/aromatic N) is 1. The lowest BCUT2D eigenvalue weighted by Crippen LogP contribution is -2.49. The average Bonchev–Trinajstić information content (AvgIpc) is 2.38. The van der Waals surface area contributed by atoms with E-state index in [-0.39, 0.29) is 11.9 Å². The van der Waals surface area contributed by atoms with Crippen LogP contribution >= 0.6 is 23.2 Å². The van der Waals surface area contributed by atoms with Crippen molar-refractivity contribution in [2.24, 2.45) is 11.7 Å². The van der Waals surface area contributed by atoms with Crippen LogP contribution in [0.3, 0.4) is 0 Å². The Hall–Kier alpha value is -0.770. The van der Waals surface area contributed by atoms with Gasteiger partial charge in [0.15, 0.2) is 0 Å². The highest BCUT2D eigenvalue weighted by molar-refractivity contribution is 6.39. The van der Waals surface area contributed by atoms with Crippen LogP contribution in [0.25, 0.3) is 0 Å². The topological polar surface area (TPSA) is 46.3 Å². The van der Waals surface area contributed by atoms with Gasteiger partial charge in [-0.05, 0) is 30.9 Å². The molecule has 1 saturated heterocycles. The Morgan fingerprint density at radius 3 is 2.63 bits per heavy atom. The zero-order chi connectivity index (χ0) is 14.0. The average molecular weight is 301 g/mol. The molecule has 2 N–H and O–H groups in total. The van der Waals surface area contributed by atoms with Gasteiger partial charge in [-0.25, -0.2) is 0 Å². The van der Waals surface area contributed by atoms with Crippen molar-refractivity contribution in [3.63, 3.8) is 0 Å². The first-order chi connectivity index (χ1) is 9.04. The van der Waals surface area contributed by atoms with E-state index < -0.39 is 0 Å². The molecule has 5 heteroatoms. The van der Waals surface area contributed by atoms with Gasteiger partial charge in [-0.15, -0.1) is 0 Å². The number of carbonyl (C=O) groups excluding carboxylic acids is 1. The van der Waals surface area contributed by atoms with Crippen molar-refractivity contribution in [3.05, 3.63) is 33.8 Å². The van der Waals surface area contributed by atoms with Gasteiger partial charge in [-0.2, -0.15) is 0 Å². The molecule has 0 aliphatic carbocycles. The van der Waals surface area contributed by atoms with E-state index in [4.69, 9.17) is 28.9 Å². The zero-order valence-corrected chi connectivity index (χ0v) is 12.4. The van der Waals surface area contributed by atoms with Crippen molar-refractivity contribution in [2.45, 2.75) is 25.8 Å². The van der Waals surface area contributed by atoms with Crippen LogP contribution in [-0.4, -0.2) is 29.9 Å². The first-order valence-corrected chi connectivity index (χ1v) is 7.25. The van der Waals surface area contributed by atoms with Crippen LogP contribution in [0.2, 0.25) is 10.0 Å². The van der Waals surface area contributed by atoms with E-state index in [0.717, 1.165) is 12.8 Å². The van der Waals surface area contributed by atoms with Crippen LogP contribution in [0.5, 0.6) is 0 Å². The summed E-state index contributed by atoms with van der Waals surface area (Å²) >= 11 is 12.2. The van der Waals surface area contributed by atoms with Crippen LogP contribution in [0.1, 0.15) is 30.1 Å². The van der Waals surface area contributed by atoms with E-state index in [1.807, 2.05) is 4.90 Å². The van der Waals surface area contributed by atoms with E-state index in [9.17, 15) is 4.79 Å². The molecule has 0 saturated carbocycles. The van der Waals surface area contributed by atoms with Crippen molar-refractivity contribution >= 4 is 29.1 Å². The van der Waals surface area contributed by atoms with Crippen LogP contribution in [0.4, 0.5) is 0 Å². The second kappa shape index (κ2) is 6.12. The first-order valence-electron chi connectivity index (χ1n) is 6.49. The van der Waals surface area contributed by atoms with Gasteiger partial charge in [0.05, 0.1) is 15.6 Å². The SMILES string of the molecule is CC1CCN(C(=O)c2c(Cl)cccc2Cl)C(CN)C1. The molecule has 2 rings (SSSR count). The number of hydrogen-bond acceptors (Lipinski definition) is 2. The molecule has 3 nitrogen and oxygen atoms in total. The number of nitrogens with two attached hydrogens (primary N) is 1. The molecule has 0 bridgehead atoms. The van der Waals surface area contributed by atoms with E-state index in [2.05, 4.69) is 6.92 Å². The minimum absolute atomic E-state index is 0.0728. The number of halogens is 2. The summed E-state index contributed by atoms with van der Waals surface area (Å²) in [6.07, 6.45) is 1.93. The summed E-state index contributed by atoms with van der Waals surface area (Å²) in [7, 11) is 0. The van der Waals surface area contributed by atoms with Gasteiger partial charge >= 0.3 is 0 Å². The number of rotatable bonds is 2. The van der Waals surface area contributed by atoms with Crippen LogP contribution in [0, 0.1) is 5.92 Å². The van der Waals surface area contributed by atoms with Gasteiger partial charge < -0.3 is 10.6 Å². The summed E-state index contributed by atoms with van der Waals surface area (Å²) in [4.78, 5) is 14.4. The number of benzene rings is 1. The molecule has 0 radical (unpaired) electrons. The molecule has 19 heavy (non-hydrogen) atoms. The molecule has 1 fully saturated rings. The maximum Gasteiger partial charge on any atom is 0.257 e. The monoisotopic (exact) mass is 300 g/mol. The van der Waals surface area contributed by atoms with Gasteiger partial charge in [0.25, 0.3) is 5.91 Å². The normalized spacial score (nSPS) is 23.5. The summed E-state index contributed by atoms with van der Waals surface area (Å²) < 4.78 is 0. The molecule has 0 aromatic heterocycles. The highest BCUT2D eigenvalue weighted by atomic mass is 35.5. The number of piperidine rings is 1. The third kappa shape index (κ3) is 3.04. The summed E-state index contributed by atoms with van der Waals surface area (Å²) in [6.45, 7) is 3.37. The Labute approximate surface area is 123 Å². The molecule has 1 aromatic carbocycles. The number of amides is 1. The highest BCUT2D eigenvalue weighted by Crippen LogP contribution is 2.29. The molecule has 1 amide bonds. The Bertz CT molecular complexity index is 458. The fraction of sp³-hybridized carbons (Fsp3) is 0.500. The number of hydrogen-bond donors (Lipinski definition) is 1. The van der Waals surface area contributed by atoms with Crippen LogP contribution in [-0.2, 0) is 0 Å². The summed E-state index contributed by atoms with van der Waals surface area (Å²) in [5.74, 6) is 0.484. The lowest BCUT2D eigenvalue weighted by atomic mass is 9.92. The molecule has 1 aliphatic rings. The summed E-state index contributed by atoms with van der Waals surface area (Å²) in [5.41, 5.74) is 6.18. The van der Waals surface area contributed by atoms with Crippen molar-refractivity contribution in [1.29, 1.82) is 0 Å². The molecule has 0 spiro atoms. The molecule has 2 atom stereocenters. The van der Waals surface area contributed by atoms with Crippen LogP contribution < -0.4 is 5.73 Å². The number of likely N-dealkylation sites (tertiary alicyclic amines) is 1. The minimum atomic E-state index is -0.113. The highest BCUT2D eigenvalue weighted by Gasteiger charge is 2.31. The lowest BCUT2D eigenvalue weighted by molar-refractivity contribution is 0.0574. The Morgan fingerprint density at radius 2 is 2.05 bits per heavy atom. The fourth-order valence-electron chi connectivity index (χ4n) is 2.59. The fourth-order valence-corrected chi connectivity index (χ4v) is 3.15. The molecule has 1 aliphatic heterocycles. The second-order valence-corrected chi connectivity index (χ2v) is 5.93. The van der Waals surface area contributed by atoms with Crippen molar-refractivity contribution < 1.29 is 4.79 Å². The third-order valence-electron chi connectivity index (χ3n) is 3.69. The summed E-state index contributed by atoms with van der Waals surface area (Å²) in [6, 6.07) is 5.18. The maximum absolute atomic E-state index is 12.6. The summed E-state index contributed by atoms with van der Waals surface area (Å²) in [5, 5.41) is 0.791. The largest absolute Gasteiger partial charge is 0.334 e. The predicted octanol–water partition coefficient (Wildman–Crippen LogP) is 3.19. The quantitative estimate of drug-likeness (QED) is 0.912. The zero-order valence-electron chi connectivity index (χ0n) is 10.9. The lowest BCUT2D eigenvalue weighted by Gasteiger charge is -2.38. The van der Waals surface area contributed by atoms with Gasteiger partial charge in [-0.1, -0.05) is 36.2 Å². The van der Waals surface area contributed by atoms with E-state index in [0.29, 0.717) is 34.6 Å². The van der Waals surface area contributed by atoms with Gasteiger partial charge in [-0.3, -0.25) is 4.79 Å². The standard InChI is InChI=1S/C14H18Cl2N2O/c1-9-5-6-18(10(7-9)8-17)14(19)13-11(15)3-2-4-12(13)16/h2-4,9-10H,5-8,17H2,1H3. The van der Waals surface area contributed by atoms with Crippen LogP contribution in [0.15, 0.2) is 18.2 Å². The van der Waals surface area contributed by atoms with E-state index in [1.54, 1.807) is 18.2 Å². The molecular weight excluding hydrogens is 283 g/mol. The van der Waals surface area contributed by atoms with Crippen molar-refractivity contribution in [2.75, 3.05) is 13.1 Å². The molecule has 2 unspecified atom stereocenters. The number of carbonyl (C=O) groups is 1. The van der Waals surface area contributed by atoms with Gasteiger partial charge in [0.1, 0.15) is 0 Å². The van der Waals surface area contributed by atoms with E-state index >= 15 is 0 Å². The Kier molecular flexibility index (Phi) is 4.71. The Morgan fingerprint density at radius 1 is 1.42 bits per heavy atom. The molecule has 1 aromatic rings. The molecule has 1 heterocycles.